The zero-order valence-electron chi connectivity index (χ0n) is 10.3. The lowest BCUT2D eigenvalue weighted by Gasteiger charge is -2.42. The van der Waals surface area contributed by atoms with Gasteiger partial charge in [-0.2, -0.15) is 0 Å². The van der Waals surface area contributed by atoms with Gasteiger partial charge in [0.2, 0.25) is 5.91 Å². The number of hydrogen-bond donors (Lipinski definition) is 1. The third kappa shape index (κ3) is 2.62. The van der Waals surface area contributed by atoms with Crippen molar-refractivity contribution in [2.75, 3.05) is 18.0 Å². The number of rotatable bonds is 1. The molecule has 0 radical (unpaired) electrons. The van der Waals surface area contributed by atoms with Gasteiger partial charge in [-0.1, -0.05) is 23.2 Å². The second-order valence-corrected chi connectivity index (χ2v) is 5.80. The van der Waals surface area contributed by atoms with E-state index in [2.05, 4.69) is 20.4 Å². The van der Waals surface area contributed by atoms with Crippen LogP contribution in [-0.4, -0.2) is 35.2 Å². The van der Waals surface area contributed by atoms with Crippen molar-refractivity contribution in [1.29, 1.82) is 0 Å². The van der Waals surface area contributed by atoms with E-state index in [0.29, 0.717) is 28.7 Å². The van der Waals surface area contributed by atoms with Gasteiger partial charge < -0.3 is 10.2 Å². The van der Waals surface area contributed by atoms with Crippen LogP contribution in [0.4, 0.5) is 5.69 Å². The monoisotopic (exact) mass is 300 g/mol. The summed E-state index contributed by atoms with van der Waals surface area (Å²) in [5.74, 6) is 0.635. The van der Waals surface area contributed by atoms with Crippen LogP contribution in [0.5, 0.6) is 0 Å². The topological polar surface area (TPSA) is 58.1 Å². The normalized spacial score (nSPS) is 26.8. The van der Waals surface area contributed by atoms with Crippen molar-refractivity contribution < 1.29 is 4.79 Å². The van der Waals surface area contributed by atoms with Crippen molar-refractivity contribution >= 4 is 34.8 Å². The average molecular weight is 301 g/mol. The Hall–Kier alpha value is -1.07. The van der Waals surface area contributed by atoms with Crippen molar-refractivity contribution in [2.45, 2.75) is 25.3 Å². The Morgan fingerprint density at radius 3 is 3.00 bits per heavy atom. The maximum Gasteiger partial charge on any atom is 0.220 e. The van der Waals surface area contributed by atoms with Gasteiger partial charge in [-0.25, -0.2) is 0 Å². The van der Waals surface area contributed by atoms with E-state index in [1.807, 2.05) is 0 Å². The lowest BCUT2D eigenvalue weighted by molar-refractivity contribution is -0.124. The fraction of sp³-hybridized carbons (Fsp3) is 0.583. The van der Waals surface area contributed by atoms with Gasteiger partial charge in [0, 0.05) is 31.6 Å². The zero-order chi connectivity index (χ0) is 13.4. The second-order valence-electron chi connectivity index (χ2n) is 5.05. The molecule has 19 heavy (non-hydrogen) atoms. The van der Waals surface area contributed by atoms with E-state index in [1.165, 1.54) is 0 Å². The Morgan fingerprint density at radius 2 is 2.16 bits per heavy atom. The van der Waals surface area contributed by atoms with E-state index in [0.717, 1.165) is 31.6 Å². The highest BCUT2D eigenvalue weighted by molar-refractivity contribution is 6.33. The first-order chi connectivity index (χ1) is 9.13. The molecule has 1 aromatic rings. The van der Waals surface area contributed by atoms with Gasteiger partial charge in [-0.15, -0.1) is 10.2 Å². The van der Waals surface area contributed by atoms with E-state index >= 15 is 0 Å². The summed E-state index contributed by atoms with van der Waals surface area (Å²) < 4.78 is 0. The van der Waals surface area contributed by atoms with Gasteiger partial charge in [-0.05, 0) is 18.8 Å². The Balaban J connectivity index is 1.77. The highest BCUT2D eigenvalue weighted by Gasteiger charge is 2.34. The fourth-order valence-electron chi connectivity index (χ4n) is 2.89. The molecule has 0 aromatic carbocycles. The van der Waals surface area contributed by atoms with Gasteiger partial charge in [0.1, 0.15) is 0 Å². The van der Waals surface area contributed by atoms with Crippen molar-refractivity contribution in [3.05, 3.63) is 16.4 Å². The average Bonchev–Trinajstić information content (AvgIpc) is 2.41. The summed E-state index contributed by atoms with van der Waals surface area (Å²) in [6.45, 7) is 1.70. The van der Waals surface area contributed by atoms with Crippen LogP contribution in [0, 0.1) is 5.92 Å². The number of carbonyl (C=O) groups excluding carboxylic acids is 1. The SMILES string of the molecule is O=C1CCC2CN(c3cc(Cl)nnc3Cl)CCC2N1. The van der Waals surface area contributed by atoms with Gasteiger partial charge >= 0.3 is 0 Å². The van der Waals surface area contributed by atoms with Crippen LogP contribution in [0.1, 0.15) is 19.3 Å². The molecule has 2 unspecified atom stereocenters. The predicted molar refractivity (Wildman–Crippen MR) is 73.5 cm³/mol. The molecule has 2 atom stereocenters. The fourth-order valence-corrected chi connectivity index (χ4v) is 3.25. The number of carbonyl (C=O) groups is 1. The molecular formula is C12H14Cl2N4O. The number of nitrogens with one attached hydrogen (secondary N) is 1. The molecule has 0 saturated carbocycles. The lowest BCUT2D eigenvalue weighted by atomic mass is 9.85. The van der Waals surface area contributed by atoms with Crippen LogP contribution < -0.4 is 10.2 Å². The predicted octanol–water partition coefficient (Wildman–Crippen LogP) is 1.89. The van der Waals surface area contributed by atoms with E-state index in [9.17, 15) is 4.79 Å². The smallest absolute Gasteiger partial charge is 0.220 e. The second kappa shape index (κ2) is 5.13. The van der Waals surface area contributed by atoms with Crippen molar-refractivity contribution in [3.8, 4) is 0 Å². The van der Waals surface area contributed by atoms with E-state index in [4.69, 9.17) is 23.2 Å². The third-order valence-corrected chi connectivity index (χ3v) is 4.32. The largest absolute Gasteiger partial charge is 0.368 e. The van der Waals surface area contributed by atoms with Crippen LogP contribution >= 0.6 is 23.2 Å². The Bertz CT molecular complexity index is 511. The molecule has 0 spiro atoms. The first kappa shape index (κ1) is 12.9. The van der Waals surface area contributed by atoms with Gasteiger partial charge in [0.15, 0.2) is 10.3 Å². The van der Waals surface area contributed by atoms with Crippen LogP contribution in [0.25, 0.3) is 0 Å². The zero-order valence-corrected chi connectivity index (χ0v) is 11.8. The number of piperidine rings is 2. The molecule has 5 nitrogen and oxygen atoms in total. The maximum absolute atomic E-state index is 11.4. The van der Waals surface area contributed by atoms with E-state index in [1.54, 1.807) is 6.07 Å². The summed E-state index contributed by atoms with van der Waals surface area (Å²) in [4.78, 5) is 13.6. The standard InChI is InChI=1S/C12H14Cl2N4O/c13-10-5-9(12(14)17-16-10)18-4-3-8-7(6-18)1-2-11(19)15-8/h5,7-8H,1-4,6H2,(H,15,19). The quantitative estimate of drug-likeness (QED) is 0.860. The molecule has 3 rings (SSSR count). The number of nitrogens with zero attached hydrogens (tertiary/aromatic N) is 3. The molecule has 3 heterocycles. The summed E-state index contributed by atoms with van der Waals surface area (Å²) in [6.07, 6.45) is 2.46. The van der Waals surface area contributed by atoms with Crippen LogP contribution in [0.15, 0.2) is 6.07 Å². The van der Waals surface area contributed by atoms with Crippen molar-refractivity contribution in [3.63, 3.8) is 0 Å². The minimum atomic E-state index is 0.168. The molecule has 1 aromatic heterocycles. The van der Waals surface area contributed by atoms with Crippen LogP contribution in [0.2, 0.25) is 10.3 Å². The Labute approximate surface area is 121 Å². The molecule has 2 fully saturated rings. The molecule has 0 aliphatic carbocycles. The van der Waals surface area contributed by atoms with Crippen LogP contribution in [-0.2, 0) is 4.79 Å². The molecule has 2 aliphatic rings. The van der Waals surface area contributed by atoms with Crippen molar-refractivity contribution in [1.82, 2.24) is 15.5 Å². The highest BCUT2D eigenvalue weighted by Crippen LogP contribution is 2.32. The molecular weight excluding hydrogens is 287 g/mol. The minimum absolute atomic E-state index is 0.168. The van der Waals surface area contributed by atoms with Gasteiger partial charge in [0.05, 0.1) is 5.69 Å². The first-order valence-corrected chi connectivity index (χ1v) is 7.12. The summed E-state index contributed by atoms with van der Waals surface area (Å²) in [6, 6.07) is 2.04. The van der Waals surface area contributed by atoms with E-state index in [-0.39, 0.29) is 5.91 Å². The van der Waals surface area contributed by atoms with Gasteiger partial charge in [-0.3, -0.25) is 4.79 Å². The molecule has 1 amide bonds. The summed E-state index contributed by atoms with van der Waals surface area (Å²) in [5.41, 5.74) is 0.831. The minimum Gasteiger partial charge on any atom is -0.368 e. The Morgan fingerprint density at radius 1 is 1.32 bits per heavy atom. The molecule has 102 valence electrons. The van der Waals surface area contributed by atoms with Crippen molar-refractivity contribution in [2.24, 2.45) is 5.92 Å². The molecule has 7 heteroatoms. The number of halogens is 2. The molecule has 1 N–H and O–H groups in total. The first-order valence-electron chi connectivity index (χ1n) is 6.36. The maximum atomic E-state index is 11.4. The summed E-state index contributed by atoms with van der Waals surface area (Å²) >= 11 is 12.0. The number of amides is 1. The molecule has 2 saturated heterocycles. The molecule has 2 aliphatic heterocycles. The number of aromatic nitrogens is 2. The summed E-state index contributed by atoms with van der Waals surface area (Å²) in [7, 11) is 0. The lowest BCUT2D eigenvalue weighted by Crippen LogP contribution is -2.54. The highest BCUT2D eigenvalue weighted by atomic mass is 35.5. The Kier molecular flexibility index (Phi) is 3.50. The molecule has 0 bridgehead atoms. The van der Waals surface area contributed by atoms with E-state index < -0.39 is 0 Å². The number of anilines is 1. The summed E-state index contributed by atoms with van der Waals surface area (Å²) in [5, 5.41) is 11.4. The number of hydrogen-bond acceptors (Lipinski definition) is 4. The van der Waals surface area contributed by atoms with Crippen LogP contribution in [0.3, 0.4) is 0 Å². The van der Waals surface area contributed by atoms with Gasteiger partial charge in [0.25, 0.3) is 0 Å². The third-order valence-electron chi connectivity index (χ3n) is 3.86. The number of fused-ring (bicyclic) bond motifs is 1.